The van der Waals surface area contributed by atoms with E-state index in [1.807, 2.05) is 6.92 Å². The number of rotatable bonds is 3. The second kappa shape index (κ2) is 5.03. The van der Waals surface area contributed by atoms with Gasteiger partial charge in [0.15, 0.2) is 0 Å². The summed E-state index contributed by atoms with van der Waals surface area (Å²) in [6.07, 6.45) is -4.45. The molecule has 1 aromatic heterocycles. The topological polar surface area (TPSA) is 68.2 Å². The highest BCUT2D eigenvalue weighted by Gasteiger charge is 2.31. The summed E-state index contributed by atoms with van der Waals surface area (Å²) in [5, 5.41) is 3.70. The fourth-order valence-electron chi connectivity index (χ4n) is 1.54. The van der Waals surface area contributed by atoms with E-state index in [4.69, 9.17) is 10.3 Å². The summed E-state index contributed by atoms with van der Waals surface area (Å²) in [5.74, 6) is 0.253. The van der Waals surface area contributed by atoms with Crippen LogP contribution in [-0.2, 0) is 6.18 Å². The molecule has 0 aliphatic rings. The third-order valence-corrected chi connectivity index (χ3v) is 2.84. The molecule has 108 valence electrons. The van der Waals surface area contributed by atoms with Crippen molar-refractivity contribution in [2.75, 3.05) is 24.2 Å². The smallest absolute Gasteiger partial charge is 0.398 e. The number of aromatic nitrogens is 2. The number of hydrogen-bond donors (Lipinski definition) is 1. The zero-order valence-electron chi connectivity index (χ0n) is 10.9. The van der Waals surface area contributed by atoms with E-state index in [0.717, 1.165) is 12.1 Å². The van der Waals surface area contributed by atoms with Gasteiger partial charge in [-0.25, -0.2) is 0 Å². The Morgan fingerprint density at radius 2 is 2.05 bits per heavy atom. The minimum absolute atomic E-state index is 0.0381. The van der Waals surface area contributed by atoms with E-state index in [2.05, 4.69) is 10.1 Å². The minimum Gasteiger partial charge on any atom is -0.398 e. The highest BCUT2D eigenvalue weighted by Crippen LogP contribution is 2.34. The van der Waals surface area contributed by atoms with E-state index in [1.54, 1.807) is 11.9 Å². The van der Waals surface area contributed by atoms with Crippen molar-refractivity contribution in [2.24, 2.45) is 0 Å². The highest BCUT2D eigenvalue weighted by molar-refractivity contribution is 5.71. The van der Waals surface area contributed by atoms with Gasteiger partial charge in [-0.2, -0.15) is 18.2 Å². The zero-order chi connectivity index (χ0) is 14.9. The maximum Gasteiger partial charge on any atom is 0.416 e. The van der Waals surface area contributed by atoms with Crippen molar-refractivity contribution in [3.63, 3.8) is 0 Å². The van der Waals surface area contributed by atoms with Gasteiger partial charge in [0.1, 0.15) is 0 Å². The number of benzene rings is 1. The van der Waals surface area contributed by atoms with Gasteiger partial charge >= 0.3 is 6.18 Å². The van der Waals surface area contributed by atoms with Crippen molar-refractivity contribution in [1.82, 2.24) is 10.1 Å². The molecule has 0 bridgehead atoms. The molecule has 20 heavy (non-hydrogen) atoms. The quantitative estimate of drug-likeness (QED) is 0.879. The standard InChI is InChI=1S/C12H13F3N4O/c1-3-19(2)11-17-10(20-18-11)8-6-7(12(13,14)15)4-5-9(8)16/h4-6H,3,16H2,1-2H3. The van der Waals surface area contributed by atoms with Crippen LogP contribution in [0.4, 0.5) is 24.8 Å². The summed E-state index contributed by atoms with van der Waals surface area (Å²) in [4.78, 5) is 5.73. The number of anilines is 2. The fourth-order valence-corrected chi connectivity index (χ4v) is 1.54. The Balaban J connectivity index is 2.44. The van der Waals surface area contributed by atoms with Crippen LogP contribution in [0.5, 0.6) is 0 Å². The molecule has 0 aliphatic carbocycles. The number of nitrogens with two attached hydrogens (primary N) is 1. The van der Waals surface area contributed by atoms with Crippen LogP contribution in [0.1, 0.15) is 12.5 Å². The van der Waals surface area contributed by atoms with Crippen molar-refractivity contribution in [3.8, 4) is 11.5 Å². The average Bonchev–Trinajstić information content (AvgIpc) is 2.86. The molecule has 2 rings (SSSR count). The normalized spacial score (nSPS) is 11.7. The van der Waals surface area contributed by atoms with Gasteiger partial charge in [0.05, 0.1) is 11.1 Å². The number of alkyl halides is 3. The Morgan fingerprint density at radius 1 is 1.35 bits per heavy atom. The molecule has 0 spiro atoms. The number of hydrogen-bond acceptors (Lipinski definition) is 5. The van der Waals surface area contributed by atoms with E-state index in [9.17, 15) is 13.2 Å². The first-order chi connectivity index (χ1) is 9.32. The van der Waals surface area contributed by atoms with Gasteiger partial charge in [0.25, 0.3) is 11.8 Å². The first-order valence-electron chi connectivity index (χ1n) is 5.85. The fraction of sp³-hybridized carbons (Fsp3) is 0.333. The van der Waals surface area contributed by atoms with Gasteiger partial charge in [0, 0.05) is 19.3 Å². The predicted octanol–water partition coefficient (Wildman–Crippen LogP) is 2.79. The van der Waals surface area contributed by atoms with Gasteiger partial charge in [-0.15, -0.1) is 0 Å². The van der Waals surface area contributed by atoms with Gasteiger partial charge < -0.3 is 15.2 Å². The maximum absolute atomic E-state index is 12.7. The largest absolute Gasteiger partial charge is 0.416 e. The van der Waals surface area contributed by atoms with Crippen LogP contribution < -0.4 is 10.6 Å². The summed E-state index contributed by atoms with van der Waals surface area (Å²) in [6, 6.07) is 2.98. The van der Waals surface area contributed by atoms with E-state index in [-0.39, 0.29) is 17.1 Å². The van der Waals surface area contributed by atoms with Crippen LogP contribution in [0.25, 0.3) is 11.5 Å². The predicted molar refractivity (Wildman–Crippen MR) is 68.1 cm³/mol. The molecule has 0 saturated carbocycles. The summed E-state index contributed by atoms with van der Waals surface area (Å²) < 4.78 is 43.0. The molecular formula is C12H13F3N4O. The van der Waals surface area contributed by atoms with Crippen LogP contribution >= 0.6 is 0 Å². The minimum atomic E-state index is -4.45. The van der Waals surface area contributed by atoms with Crippen molar-refractivity contribution >= 4 is 11.6 Å². The zero-order valence-corrected chi connectivity index (χ0v) is 10.9. The highest BCUT2D eigenvalue weighted by atomic mass is 19.4. The second-order valence-electron chi connectivity index (χ2n) is 4.21. The van der Waals surface area contributed by atoms with Gasteiger partial charge in [-0.05, 0) is 30.3 Å². The molecule has 1 heterocycles. The molecule has 0 saturated heterocycles. The first-order valence-corrected chi connectivity index (χ1v) is 5.85. The lowest BCUT2D eigenvalue weighted by Crippen LogP contribution is -2.17. The summed E-state index contributed by atoms with van der Waals surface area (Å²) in [5.41, 5.74) is 5.08. The molecule has 0 radical (unpaired) electrons. The SMILES string of the molecule is CCN(C)c1noc(-c2cc(C(F)(F)F)ccc2N)n1. The number of nitrogens with zero attached hydrogens (tertiary/aromatic N) is 3. The Morgan fingerprint density at radius 3 is 2.65 bits per heavy atom. The van der Waals surface area contributed by atoms with E-state index < -0.39 is 11.7 Å². The van der Waals surface area contributed by atoms with Crippen LogP contribution in [-0.4, -0.2) is 23.7 Å². The van der Waals surface area contributed by atoms with Crippen LogP contribution in [0.2, 0.25) is 0 Å². The van der Waals surface area contributed by atoms with Gasteiger partial charge in [-0.3, -0.25) is 0 Å². The lowest BCUT2D eigenvalue weighted by Gasteiger charge is -2.09. The molecule has 0 amide bonds. The molecule has 0 unspecified atom stereocenters. The number of halogens is 3. The molecule has 8 heteroatoms. The lowest BCUT2D eigenvalue weighted by atomic mass is 10.1. The molecule has 2 N–H and O–H groups in total. The van der Waals surface area contributed by atoms with Crippen molar-refractivity contribution < 1.29 is 17.7 Å². The average molecular weight is 286 g/mol. The van der Waals surface area contributed by atoms with E-state index in [0.29, 0.717) is 12.5 Å². The third-order valence-electron chi connectivity index (χ3n) is 2.84. The summed E-state index contributed by atoms with van der Waals surface area (Å²) >= 11 is 0. The number of nitrogen functional groups attached to an aromatic ring is 1. The summed E-state index contributed by atoms with van der Waals surface area (Å²) in [6.45, 7) is 2.52. The van der Waals surface area contributed by atoms with Crippen molar-refractivity contribution in [1.29, 1.82) is 0 Å². The molecule has 1 aromatic carbocycles. The van der Waals surface area contributed by atoms with Crippen LogP contribution in [0, 0.1) is 0 Å². The van der Waals surface area contributed by atoms with Gasteiger partial charge in [-0.1, -0.05) is 0 Å². The van der Waals surface area contributed by atoms with Gasteiger partial charge in [0.2, 0.25) is 0 Å². The second-order valence-corrected chi connectivity index (χ2v) is 4.21. The van der Waals surface area contributed by atoms with Crippen LogP contribution in [0.15, 0.2) is 22.7 Å². The Hall–Kier alpha value is -2.25. The Kier molecular flexibility index (Phi) is 3.56. The van der Waals surface area contributed by atoms with Crippen molar-refractivity contribution in [3.05, 3.63) is 23.8 Å². The Labute approximate surface area is 113 Å². The van der Waals surface area contributed by atoms with E-state index >= 15 is 0 Å². The lowest BCUT2D eigenvalue weighted by molar-refractivity contribution is -0.137. The monoisotopic (exact) mass is 286 g/mol. The molecule has 0 atom stereocenters. The molecule has 2 aromatic rings. The molecule has 0 fully saturated rings. The summed E-state index contributed by atoms with van der Waals surface area (Å²) in [7, 11) is 1.74. The van der Waals surface area contributed by atoms with Crippen LogP contribution in [0.3, 0.4) is 0 Å². The molecule has 0 aliphatic heterocycles. The van der Waals surface area contributed by atoms with E-state index in [1.165, 1.54) is 6.07 Å². The first kappa shape index (κ1) is 14.2. The van der Waals surface area contributed by atoms with Crippen molar-refractivity contribution in [2.45, 2.75) is 13.1 Å². The third kappa shape index (κ3) is 2.68. The molecule has 5 nitrogen and oxygen atoms in total. The maximum atomic E-state index is 12.7. The molecular weight excluding hydrogens is 273 g/mol. The Bertz CT molecular complexity index is 609.